The normalized spacial score (nSPS) is 10.5. The van der Waals surface area contributed by atoms with Crippen LogP contribution in [0.3, 0.4) is 0 Å². The molecular weight excluding hydrogens is 549 g/mol. The fraction of sp³-hybridized carbons (Fsp3) is 0.250. The van der Waals surface area contributed by atoms with Gasteiger partial charge in [0.05, 0.1) is 11.4 Å². The Labute approximate surface area is 230 Å². The van der Waals surface area contributed by atoms with Crippen molar-refractivity contribution in [2.75, 3.05) is 28.4 Å². The largest absolute Gasteiger partial charge is 2.00 e. The predicted molar refractivity (Wildman–Crippen MR) is 120 cm³/mol. The van der Waals surface area contributed by atoms with Crippen molar-refractivity contribution in [3.63, 3.8) is 0 Å². The van der Waals surface area contributed by atoms with E-state index in [9.17, 15) is 0 Å². The number of hydrogen-bond acceptors (Lipinski definition) is 8. The van der Waals surface area contributed by atoms with E-state index in [0.29, 0.717) is 11.5 Å². The Kier molecular flexibility index (Phi) is 16.3. The predicted octanol–water partition coefficient (Wildman–Crippen LogP) is -1.77. The van der Waals surface area contributed by atoms with Gasteiger partial charge in [-0.3, -0.25) is 9.97 Å². The number of methoxy groups -OCH3 is 4. The molecule has 0 radical (unpaired) electrons. The molecule has 0 spiro atoms. The first kappa shape index (κ1) is 32.9. The molecule has 0 bridgehead atoms. The fourth-order valence-electron chi connectivity index (χ4n) is 2.77. The molecule has 3 aromatic rings. The number of hydrogen-bond donors (Lipinski definition) is 0. The zero-order valence-electron chi connectivity index (χ0n) is 19.9. The van der Waals surface area contributed by atoms with Crippen LogP contribution in [0.25, 0.3) is 23.5 Å². The van der Waals surface area contributed by atoms with Crippen LogP contribution in [-0.2, 0) is 38.4 Å². The van der Waals surface area contributed by atoms with Gasteiger partial charge in [0.15, 0.2) is 11.5 Å². The monoisotopic (exact) mass is 572 g/mol. The minimum atomic E-state index is -0.900. The van der Waals surface area contributed by atoms with Gasteiger partial charge in [-0.05, 0) is 41.5 Å². The third-order valence-corrected chi connectivity index (χ3v) is 4.37. The maximum Gasteiger partial charge on any atom is 2.00 e. The smallest absolute Gasteiger partial charge is 1.00 e. The summed E-state index contributed by atoms with van der Waals surface area (Å²) in [6.07, 6.45) is 7.43. The minimum absolute atomic E-state index is 0. The van der Waals surface area contributed by atoms with Crippen LogP contribution in [0.2, 0.25) is 0 Å². The molecular formula is C24H26Cl2N2O6Zn. The molecule has 0 saturated heterocycles. The van der Waals surface area contributed by atoms with Crippen LogP contribution < -0.4 is 34.3 Å². The zero-order valence-corrected chi connectivity index (χ0v) is 24.4. The average molecular weight is 575 g/mol. The summed E-state index contributed by atoms with van der Waals surface area (Å²) >= 11 is 0. The number of aromatic nitrogens is 2. The molecule has 8 nitrogen and oxygen atoms in total. The van der Waals surface area contributed by atoms with Gasteiger partial charge in [-0.15, -0.1) is 0 Å². The molecule has 0 aliphatic heterocycles. The first-order chi connectivity index (χ1) is 15.7. The van der Waals surface area contributed by atoms with Gasteiger partial charge < -0.3 is 53.2 Å². The SMILES string of the molecule is COC(OC)Oc1ccc(/C=C/c2ccc(-c3ccccn3)nc2)cc1OC(OC)OC.[Cl-].[Cl-].[Zn+2]. The Hall–Kier alpha value is -2.10. The summed E-state index contributed by atoms with van der Waals surface area (Å²) in [5.41, 5.74) is 3.46. The molecule has 184 valence electrons. The van der Waals surface area contributed by atoms with Crippen molar-refractivity contribution in [1.29, 1.82) is 0 Å². The van der Waals surface area contributed by atoms with E-state index in [1.807, 2.05) is 48.6 Å². The summed E-state index contributed by atoms with van der Waals surface area (Å²) in [6.45, 7) is -1.78. The Morgan fingerprint density at radius 3 is 1.77 bits per heavy atom. The Balaban J connectivity index is 0.00000385. The van der Waals surface area contributed by atoms with E-state index >= 15 is 0 Å². The molecule has 0 aliphatic carbocycles. The summed E-state index contributed by atoms with van der Waals surface area (Å²) in [5.74, 6) is 0.819. The first-order valence-electron chi connectivity index (χ1n) is 9.81. The van der Waals surface area contributed by atoms with Crippen LogP contribution in [0, 0.1) is 0 Å². The van der Waals surface area contributed by atoms with Gasteiger partial charge in [0.25, 0.3) is 0 Å². The van der Waals surface area contributed by atoms with Crippen LogP contribution in [0.1, 0.15) is 11.1 Å². The van der Waals surface area contributed by atoms with Gasteiger partial charge in [0.2, 0.25) is 0 Å². The summed E-state index contributed by atoms with van der Waals surface area (Å²) in [7, 11) is 5.92. The van der Waals surface area contributed by atoms with E-state index in [0.717, 1.165) is 22.5 Å². The van der Waals surface area contributed by atoms with Crippen molar-refractivity contribution < 1.29 is 72.7 Å². The summed E-state index contributed by atoms with van der Waals surface area (Å²) < 4.78 is 31.9. The second-order valence-electron chi connectivity index (χ2n) is 6.49. The molecule has 0 saturated carbocycles. The molecule has 1 aromatic carbocycles. The minimum Gasteiger partial charge on any atom is -1.00 e. The van der Waals surface area contributed by atoms with E-state index < -0.39 is 13.0 Å². The molecule has 2 heterocycles. The second-order valence-corrected chi connectivity index (χ2v) is 6.49. The molecule has 0 fully saturated rings. The Morgan fingerprint density at radius 1 is 0.657 bits per heavy atom. The van der Waals surface area contributed by atoms with Gasteiger partial charge in [-0.2, -0.15) is 0 Å². The van der Waals surface area contributed by atoms with Crippen LogP contribution in [-0.4, -0.2) is 51.4 Å². The third kappa shape index (κ3) is 9.82. The van der Waals surface area contributed by atoms with Crippen molar-refractivity contribution in [2.24, 2.45) is 0 Å². The maximum atomic E-state index is 5.76. The summed E-state index contributed by atoms with van der Waals surface area (Å²) in [4.78, 5) is 8.80. The van der Waals surface area contributed by atoms with E-state index in [1.54, 1.807) is 24.5 Å². The van der Waals surface area contributed by atoms with Crippen molar-refractivity contribution in [3.8, 4) is 22.9 Å². The zero-order chi connectivity index (χ0) is 22.8. The van der Waals surface area contributed by atoms with Crippen molar-refractivity contribution >= 4 is 12.2 Å². The van der Waals surface area contributed by atoms with Crippen molar-refractivity contribution in [3.05, 3.63) is 72.1 Å². The topological polar surface area (TPSA) is 81.2 Å². The molecule has 0 N–H and O–H groups in total. The van der Waals surface area contributed by atoms with Crippen LogP contribution >= 0.6 is 0 Å². The van der Waals surface area contributed by atoms with Crippen molar-refractivity contribution in [1.82, 2.24) is 9.97 Å². The number of halogens is 2. The Morgan fingerprint density at radius 2 is 1.23 bits per heavy atom. The Bertz CT molecular complexity index is 1000. The molecule has 0 atom stereocenters. The molecule has 3 rings (SSSR count). The second kappa shape index (κ2) is 17.4. The molecule has 0 amide bonds. The fourth-order valence-corrected chi connectivity index (χ4v) is 2.77. The van der Waals surface area contributed by atoms with E-state index in [1.165, 1.54) is 28.4 Å². The molecule has 35 heavy (non-hydrogen) atoms. The standard InChI is InChI=1S/C24H26N2O6.2ClH.Zn/c1-27-23(28-2)31-21-13-11-17(15-22(21)32-24(29-3)30-4)8-9-18-10-12-20(26-16-18)19-7-5-6-14-25-19;;;/h5-16,23-24H,1-4H3;2*1H;/q;;;+2/p-2/b9-8+;;;. The van der Waals surface area contributed by atoms with E-state index in [4.69, 9.17) is 28.4 Å². The molecule has 0 aliphatic rings. The van der Waals surface area contributed by atoms with Gasteiger partial charge in [-0.1, -0.05) is 30.4 Å². The number of nitrogens with zero attached hydrogens (tertiary/aromatic N) is 2. The van der Waals surface area contributed by atoms with Crippen LogP contribution in [0.4, 0.5) is 0 Å². The quantitative estimate of drug-likeness (QED) is 0.197. The molecule has 0 unspecified atom stereocenters. The first-order valence-corrected chi connectivity index (χ1v) is 9.81. The van der Waals surface area contributed by atoms with Crippen molar-refractivity contribution in [2.45, 2.75) is 13.0 Å². The van der Waals surface area contributed by atoms with E-state index in [2.05, 4.69) is 9.97 Å². The van der Waals surface area contributed by atoms with E-state index in [-0.39, 0.29) is 44.3 Å². The van der Waals surface area contributed by atoms with Crippen LogP contribution in [0.15, 0.2) is 60.9 Å². The van der Waals surface area contributed by atoms with Crippen LogP contribution in [0.5, 0.6) is 11.5 Å². The van der Waals surface area contributed by atoms with Gasteiger partial charge >= 0.3 is 32.4 Å². The number of pyridine rings is 2. The van der Waals surface area contributed by atoms with Gasteiger partial charge in [0.1, 0.15) is 0 Å². The summed E-state index contributed by atoms with van der Waals surface area (Å²) in [6, 6.07) is 15.1. The number of benzene rings is 1. The molecule has 11 heteroatoms. The van der Waals surface area contributed by atoms with Gasteiger partial charge in [0, 0.05) is 40.8 Å². The number of rotatable bonds is 11. The summed E-state index contributed by atoms with van der Waals surface area (Å²) in [5, 5.41) is 0. The van der Waals surface area contributed by atoms with Gasteiger partial charge in [-0.25, -0.2) is 0 Å². The average Bonchev–Trinajstić information content (AvgIpc) is 2.86. The maximum absolute atomic E-state index is 5.76. The third-order valence-electron chi connectivity index (χ3n) is 4.37. The molecule has 2 aromatic heterocycles. The number of ether oxygens (including phenoxy) is 6.